The number of nitro benzene ring substituents is 1. The van der Waals surface area contributed by atoms with Crippen molar-refractivity contribution in [3.63, 3.8) is 0 Å². The molecule has 0 spiro atoms. The Kier molecular flexibility index (Phi) is 2.57. The molecule has 16 heavy (non-hydrogen) atoms. The molecule has 1 amide bonds. The Morgan fingerprint density at radius 3 is 2.81 bits per heavy atom. The molecule has 1 saturated heterocycles. The highest BCUT2D eigenvalue weighted by molar-refractivity contribution is 5.99. The highest BCUT2D eigenvalue weighted by Crippen LogP contribution is 2.24. The van der Waals surface area contributed by atoms with E-state index in [-0.39, 0.29) is 11.6 Å². The van der Waals surface area contributed by atoms with Gasteiger partial charge in [0, 0.05) is 18.7 Å². The summed E-state index contributed by atoms with van der Waals surface area (Å²) in [6.45, 7) is 0.515. The van der Waals surface area contributed by atoms with Gasteiger partial charge in [0.05, 0.1) is 16.7 Å². The van der Waals surface area contributed by atoms with Gasteiger partial charge >= 0.3 is 0 Å². The maximum Gasteiger partial charge on any atom is 0.271 e. The Morgan fingerprint density at radius 2 is 2.25 bits per heavy atom. The minimum Gasteiger partial charge on any atom is -0.320 e. The summed E-state index contributed by atoms with van der Waals surface area (Å²) in [5.74, 6) is -0.180. The van der Waals surface area contributed by atoms with Crippen molar-refractivity contribution in [2.75, 3.05) is 11.4 Å². The molecular weight excluding hydrogens is 210 g/mol. The smallest absolute Gasteiger partial charge is 0.271 e. The zero-order valence-corrected chi connectivity index (χ0v) is 8.50. The summed E-state index contributed by atoms with van der Waals surface area (Å²) < 4.78 is 0. The van der Waals surface area contributed by atoms with Crippen molar-refractivity contribution < 1.29 is 9.72 Å². The van der Waals surface area contributed by atoms with Crippen LogP contribution < -0.4 is 10.6 Å². The molecule has 6 nitrogen and oxygen atoms in total. The molecule has 0 radical (unpaired) electrons. The third-order valence-electron chi connectivity index (χ3n) is 2.60. The predicted octanol–water partition coefficient (Wildman–Crippen LogP) is 0.659. The molecule has 1 aliphatic heterocycles. The summed E-state index contributed by atoms with van der Waals surface area (Å²) in [4.78, 5) is 23.2. The number of nitrogens with two attached hydrogens (primary N) is 1. The van der Waals surface area contributed by atoms with E-state index in [1.165, 1.54) is 17.0 Å². The van der Waals surface area contributed by atoms with E-state index in [1.54, 1.807) is 12.1 Å². The molecule has 1 atom stereocenters. The number of nitro groups is 1. The van der Waals surface area contributed by atoms with Crippen LogP contribution in [0.4, 0.5) is 11.4 Å². The maximum atomic E-state index is 11.6. The molecule has 1 aliphatic rings. The molecule has 84 valence electrons. The van der Waals surface area contributed by atoms with Gasteiger partial charge in [0.25, 0.3) is 5.69 Å². The number of hydrogen-bond acceptors (Lipinski definition) is 4. The van der Waals surface area contributed by atoms with Crippen LogP contribution in [0.1, 0.15) is 6.42 Å². The average Bonchev–Trinajstić information content (AvgIpc) is 2.60. The number of amides is 1. The number of benzene rings is 1. The molecule has 1 fully saturated rings. The Bertz CT molecular complexity index is 447. The fourth-order valence-electron chi connectivity index (χ4n) is 1.73. The van der Waals surface area contributed by atoms with Crippen molar-refractivity contribution in [3.05, 3.63) is 34.4 Å². The minimum absolute atomic E-state index is 0.0224. The molecule has 0 bridgehead atoms. The topological polar surface area (TPSA) is 89.5 Å². The average molecular weight is 221 g/mol. The second-order valence-corrected chi connectivity index (χ2v) is 3.66. The molecule has 6 heteroatoms. The van der Waals surface area contributed by atoms with Crippen LogP contribution >= 0.6 is 0 Å². The summed E-state index contributed by atoms with van der Waals surface area (Å²) in [6.07, 6.45) is 0.585. The van der Waals surface area contributed by atoms with Gasteiger partial charge in [-0.2, -0.15) is 0 Å². The monoisotopic (exact) mass is 221 g/mol. The van der Waals surface area contributed by atoms with E-state index in [0.717, 1.165) is 0 Å². The molecule has 1 unspecified atom stereocenters. The van der Waals surface area contributed by atoms with E-state index in [4.69, 9.17) is 5.73 Å². The number of rotatable bonds is 2. The van der Waals surface area contributed by atoms with Crippen LogP contribution in [0, 0.1) is 10.1 Å². The van der Waals surface area contributed by atoms with Crippen molar-refractivity contribution in [3.8, 4) is 0 Å². The fourth-order valence-corrected chi connectivity index (χ4v) is 1.73. The van der Waals surface area contributed by atoms with Crippen molar-refractivity contribution in [1.29, 1.82) is 0 Å². The lowest BCUT2D eigenvalue weighted by atomic mass is 10.2. The van der Waals surface area contributed by atoms with Crippen LogP contribution in [0.3, 0.4) is 0 Å². The highest BCUT2D eigenvalue weighted by atomic mass is 16.6. The first-order valence-corrected chi connectivity index (χ1v) is 4.91. The molecular formula is C10H11N3O3. The zero-order chi connectivity index (χ0) is 11.7. The van der Waals surface area contributed by atoms with Gasteiger partial charge in [-0.15, -0.1) is 0 Å². The Morgan fingerprint density at radius 1 is 1.50 bits per heavy atom. The summed E-state index contributed by atoms with van der Waals surface area (Å²) in [6, 6.07) is 5.52. The summed E-state index contributed by atoms with van der Waals surface area (Å²) in [7, 11) is 0. The van der Waals surface area contributed by atoms with Crippen LogP contribution in [0.2, 0.25) is 0 Å². The second kappa shape index (κ2) is 3.90. The van der Waals surface area contributed by atoms with Gasteiger partial charge in [-0.1, -0.05) is 6.07 Å². The van der Waals surface area contributed by atoms with Crippen molar-refractivity contribution in [2.24, 2.45) is 5.73 Å². The molecule has 1 aromatic carbocycles. The Labute approximate surface area is 91.8 Å². The standard InChI is InChI=1S/C10H11N3O3/c11-9-4-5-12(10(9)14)7-2-1-3-8(6-7)13(15)16/h1-3,6,9H,4-5,11H2. The lowest BCUT2D eigenvalue weighted by Gasteiger charge is -2.15. The number of hydrogen-bond donors (Lipinski definition) is 1. The van der Waals surface area contributed by atoms with E-state index in [0.29, 0.717) is 18.7 Å². The van der Waals surface area contributed by atoms with E-state index >= 15 is 0 Å². The molecule has 2 N–H and O–H groups in total. The highest BCUT2D eigenvalue weighted by Gasteiger charge is 2.30. The molecule has 2 rings (SSSR count). The van der Waals surface area contributed by atoms with Crippen molar-refractivity contribution in [2.45, 2.75) is 12.5 Å². The summed E-state index contributed by atoms with van der Waals surface area (Å²) in [5, 5.41) is 10.6. The first-order chi connectivity index (χ1) is 7.59. The third kappa shape index (κ3) is 1.74. The Hall–Kier alpha value is -1.95. The van der Waals surface area contributed by atoms with E-state index in [2.05, 4.69) is 0 Å². The quantitative estimate of drug-likeness (QED) is 0.586. The van der Waals surface area contributed by atoms with Gasteiger partial charge in [-0.3, -0.25) is 14.9 Å². The largest absolute Gasteiger partial charge is 0.320 e. The lowest BCUT2D eigenvalue weighted by molar-refractivity contribution is -0.384. The maximum absolute atomic E-state index is 11.6. The van der Waals surface area contributed by atoms with E-state index in [9.17, 15) is 14.9 Å². The van der Waals surface area contributed by atoms with Crippen molar-refractivity contribution >= 4 is 17.3 Å². The predicted molar refractivity (Wildman–Crippen MR) is 58.0 cm³/mol. The molecule has 1 heterocycles. The van der Waals surface area contributed by atoms with Gasteiger partial charge in [0.2, 0.25) is 5.91 Å². The first-order valence-electron chi connectivity index (χ1n) is 4.91. The van der Waals surface area contributed by atoms with E-state index < -0.39 is 11.0 Å². The van der Waals surface area contributed by atoms with E-state index in [1.807, 2.05) is 0 Å². The van der Waals surface area contributed by atoms with Gasteiger partial charge in [-0.25, -0.2) is 0 Å². The van der Waals surface area contributed by atoms with Crippen LogP contribution in [0.25, 0.3) is 0 Å². The molecule has 0 aliphatic carbocycles. The Balaban J connectivity index is 2.31. The second-order valence-electron chi connectivity index (χ2n) is 3.66. The SMILES string of the molecule is NC1CCN(c2cccc([N+](=O)[O-])c2)C1=O. The third-order valence-corrected chi connectivity index (χ3v) is 2.60. The number of carbonyl (C=O) groups is 1. The van der Waals surface area contributed by atoms with Gasteiger partial charge in [0.1, 0.15) is 0 Å². The van der Waals surface area contributed by atoms with Crippen LogP contribution in [-0.4, -0.2) is 23.4 Å². The van der Waals surface area contributed by atoms with Crippen LogP contribution in [-0.2, 0) is 4.79 Å². The number of non-ortho nitro benzene ring substituents is 1. The van der Waals surface area contributed by atoms with Gasteiger partial charge in [-0.05, 0) is 12.5 Å². The zero-order valence-electron chi connectivity index (χ0n) is 8.50. The van der Waals surface area contributed by atoms with Crippen LogP contribution in [0.5, 0.6) is 0 Å². The van der Waals surface area contributed by atoms with Crippen molar-refractivity contribution in [1.82, 2.24) is 0 Å². The number of nitrogens with zero attached hydrogens (tertiary/aromatic N) is 2. The molecule has 0 aromatic heterocycles. The summed E-state index contributed by atoms with van der Waals surface area (Å²) >= 11 is 0. The molecule has 0 saturated carbocycles. The van der Waals surface area contributed by atoms with Gasteiger partial charge < -0.3 is 10.6 Å². The van der Waals surface area contributed by atoms with Crippen LogP contribution in [0.15, 0.2) is 24.3 Å². The minimum atomic E-state index is -0.487. The number of anilines is 1. The fraction of sp³-hybridized carbons (Fsp3) is 0.300. The number of carbonyl (C=O) groups excluding carboxylic acids is 1. The van der Waals surface area contributed by atoms with Gasteiger partial charge in [0.15, 0.2) is 0 Å². The summed E-state index contributed by atoms with van der Waals surface area (Å²) in [5.41, 5.74) is 6.09. The first kappa shape index (κ1) is 10.6. The molecule has 1 aromatic rings. The normalized spacial score (nSPS) is 20.2. The lowest BCUT2D eigenvalue weighted by Crippen LogP contribution is -2.33.